The Bertz CT molecular complexity index is 1240. The van der Waals surface area contributed by atoms with E-state index in [0.717, 1.165) is 33.0 Å². The molecule has 0 atom stereocenters. The van der Waals surface area contributed by atoms with Crippen LogP contribution in [0.15, 0.2) is 54.6 Å². The van der Waals surface area contributed by atoms with Gasteiger partial charge in [-0.25, -0.2) is 4.98 Å². The predicted octanol–water partition coefficient (Wildman–Crippen LogP) is 4.85. The molecule has 158 valence electrons. The van der Waals surface area contributed by atoms with E-state index < -0.39 is 0 Å². The number of nitrogens with one attached hydrogen (secondary N) is 1. The fourth-order valence-electron chi connectivity index (χ4n) is 3.03. The van der Waals surface area contributed by atoms with Crippen LogP contribution in [0.3, 0.4) is 0 Å². The van der Waals surface area contributed by atoms with E-state index in [2.05, 4.69) is 15.4 Å². The summed E-state index contributed by atoms with van der Waals surface area (Å²) in [6.07, 6.45) is 3.24. The lowest BCUT2D eigenvalue weighted by molar-refractivity contribution is -0.111. The zero-order chi connectivity index (χ0) is 21.8. The molecule has 0 aliphatic heterocycles. The number of aromatic nitrogens is 3. The third-order valence-corrected chi connectivity index (χ3v) is 5.46. The van der Waals surface area contributed by atoms with Gasteiger partial charge in [-0.15, -0.1) is 0 Å². The highest BCUT2D eigenvalue weighted by atomic mass is 32.1. The molecular formula is C23H22N4O3S. The monoisotopic (exact) mass is 434 g/mol. The topological polar surface area (TPSA) is 78.3 Å². The number of anilines is 1. The number of carbonyl (C=O) groups excluding carboxylic acids is 1. The molecule has 0 saturated carbocycles. The summed E-state index contributed by atoms with van der Waals surface area (Å²) in [6, 6.07) is 15.1. The molecule has 4 rings (SSSR count). The van der Waals surface area contributed by atoms with E-state index >= 15 is 0 Å². The van der Waals surface area contributed by atoms with Crippen LogP contribution >= 0.6 is 11.3 Å². The van der Waals surface area contributed by atoms with Crippen LogP contribution in [0, 0.1) is 6.92 Å². The van der Waals surface area contributed by atoms with E-state index in [4.69, 9.17) is 9.47 Å². The molecule has 0 radical (unpaired) electrons. The second kappa shape index (κ2) is 9.01. The van der Waals surface area contributed by atoms with Crippen molar-refractivity contribution in [3.8, 4) is 16.6 Å². The highest BCUT2D eigenvalue weighted by Gasteiger charge is 2.14. The average molecular weight is 435 g/mol. The van der Waals surface area contributed by atoms with Crippen LogP contribution in [0.5, 0.6) is 11.5 Å². The fourth-order valence-corrected chi connectivity index (χ4v) is 3.99. The Morgan fingerprint density at radius 2 is 1.94 bits per heavy atom. The van der Waals surface area contributed by atoms with Crippen molar-refractivity contribution in [1.82, 2.24) is 14.8 Å². The van der Waals surface area contributed by atoms with Crippen LogP contribution in [-0.2, 0) is 4.79 Å². The predicted molar refractivity (Wildman–Crippen MR) is 123 cm³/mol. The molecule has 2 aromatic heterocycles. The van der Waals surface area contributed by atoms with Crippen molar-refractivity contribution in [1.29, 1.82) is 0 Å². The van der Waals surface area contributed by atoms with Gasteiger partial charge in [0.1, 0.15) is 17.3 Å². The first kappa shape index (κ1) is 20.6. The van der Waals surface area contributed by atoms with Gasteiger partial charge < -0.3 is 14.8 Å². The van der Waals surface area contributed by atoms with Crippen molar-refractivity contribution >= 4 is 39.4 Å². The minimum Gasteiger partial charge on any atom is -0.497 e. The van der Waals surface area contributed by atoms with Gasteiger partial charge in [0.05, 0.1) is 29.6 Å². The van der Waals surface area contributed by atoms with Gasteiger partial charge in [0.15, 0.2) is 0 Å². The van der Waals surface area contributed by atoms with Crippen LogP contribution in [0.25, 0.3) is 21.4 Å². The van der Waals surface area contributed by atoms with Crippen LogP contribution in [0.2, 0.25) is 0 Å². The van der Waals surface area contributed by atoms with Crippen molar-refractivity contribution in [2.24, 2.45) is 0 Å². The molecule has 1 amide bonds. The molecule has 7 nitrogen and oxygen atoms in total. The van der Waals surface area contributed by atoms with Gasteiger partial charge >= 0.3 is 0 Å². The highest BCUT2D eigenvalue weighted by molar-refractivity contribution is 7.20. The molecule has 31 heavy (non-hydrogen) atoms. The minimum atomic E-state index is -0.252. The number of carbonyl (C=O) groups is 1. The van der Waals surface area contributed by atoms with Crippen molar-refractivity contribution in [2.45, 2.75) is 13.8 Å². The smallest absolute Gasteiger partial charge is 0.249 e. The summed E-state index contributed by atoms with van der Waals surface area (Å²) in [5.74, 6) is 1.88. The summed E-state index contributed by atoms with van der Waals surface area (Å²) in [4.78, 5) is 17.1. The summed E-state index contributed by atoms with van der Waals surface area (Å²) in [7, 11) is 1.63. The molecule has 2 aromatic carbocycles. The maximum absolute atomic E-state index is 12.5. The lowest BCUT2D eigenvalue weighted by Crippen LogP contribution is -2.12. The minimum absolute atomic E-state index is 0.252. The van der Waals surface area contributed by atoms with Gasteiger partial charge in [-0.05, 0) is 55.8 Å². The van der Waals surface area contributed by atoms with Crippen molar-refractivity contribution in [3.63, 3.8) is 0 Å². The van der Waals surface area contributed by atoms with Gasteiger partial charge in [-0.3, -0.25) is 4.79 Å². The van der Waals surface area contributed by atoms with Crippen LogP contribution in [0.4, 0.5) is 5.82 Å². The number of rotatable bonds is 7. The number of methoxy groups -OCH3 is 1. The first-order valence-corrected chi connectivity index (χ1v) is 10.6. The second-order valence-electron chi connectivity index (χ2n) is 6.74. The standard InChI is InChI=1S/C23H22N4O3S/c1-4-30-17-8-5-16(6-9-17)7-12-22(28)25-21-13-15(2)26-27(21)23-24-19-11-10-18(29-3)14-20(19)31-23/h5-14H,4H2,1-3H3,(H,25,28)/b12-7+. The van der Waals surface area contributed by atoms with Gasteiger partial charge in [0.2, 0.25) is 11.0 Å². The molecule has 8 heteroatoms. The first-order valence-electron chi connectivity index (χ1n) is 9.79. The van der Waals surface area contributed by atoms with Crippen molar-refractivity contribution < 1.29 is 14.3 Å². The molecule has 0 saturated heterocycles. The Kier molecular flexibility index (Phi) is 5.99. The third kappa shape index (κ3) is 4.75. The van der Waals surface area contributed by atoms with E-state index in [1.165, 1.54) is 17.4 Å². The Morgan fingerprint density at radius 1 is 1.16 bits per heavy atom. The Morgan fingerprint density at radius 3 is 2.68 bits per heavy atom. The van der Waals surface area contributed by atoms with E-state index in [0.29, 0.717) is 17.6 Å². The number of nitrogens with zero attached hydrogens (tertiary/aromatic N) is 3. The molecule has 4 aromatic rings. The first-order chi connectivity index (χ1) is 15.1. The Labute approximate surface area is 183 Å². The molecule has 0 aliphatic carbocycles. The maximum atomic E-state index is 12.5. The highest BCUT2D eigenvalue weighted by Crippen LogP contribution is 2.30. The number of amides is 1. The molecule has 0 spiro atoms. The van der Waals surface area contributed by atoms with E-state index in [1.807, 2.05) is 62.4 Å². The summed E-state index contributed by atoms with van der Waals surface area (Å²) in [6.45, 7) is 4.43. The summed E-state index contributed by atoms with van der Waals surface area (Å²) in [5.41, 5.74) is 2.53. The molecule has 1 N–H and O–H groups in total. The fraction of sp³-hybridized carbons (Fsp3) is 0.174. The largest absolute Gasteiger partial charge is 0.497 e. The molecule has 2 heterocycles. The molecule has 0 aliphatic rings. The maximum Gasteiger partial charge on any atom is 0.249 e. The summed E-state index contributed by atoms with van der Waals surface area (Å²) < 4.78 is 13.3. The van der Waals surface area contributed by atoms with Crippen LogP contribution in [-0.4, -0.2) is 34.4 Å². The normalized spacial score (nSPS) is 11.2. The van der Waals surface area contributed by atoms with E-state index in [-0.39, 0.29) is 5.91 Å². The number of hydrogen-bond donors (Lipinski definition) is 1. The number of hydrogen-bond acceptors (Lipinski definition) is 6. The van der Waals surface area contributed by atoms with Gasteiger partial charge in [-0.2, -0.15) is 9.78 Å². The average Bonchev–Trinajstić information content (AvgIpc) is 3.35. The van der Waals surface area contributed by atoms with Crippen molar-refractivity contribution in [3.05, 3.63) is 65.9 Å². The molecule has 0 unspecified atom stereocenters. The number of aryl methyl sites for hydroxylation is 1. The SMILES string of the molecule is CCOc1ccc(/C=C/C(=O)Nc2cc(C)nn2-c2nc3ccc(OC)cc3s2)cc1. The van der Waals surface area contributed by atoms with Crippen LogP contribution < -0.4 is 14.8 Å². The zero-order valence-corrected chi connectivity index (χ0v) is 18.3. The lowest BCUT2D eigenvalue weighted by atomic mass is 10.2. The Hall–Kier alpha value is -3.65. The van der Waals surface area contributed by atoms with Gasteiger partial charge in [0, 0.05) is 12.1 Å². The Balaban J connectivity index is 1.52. The molecular weight excluding hydrogens is 412 g/mol. The lowest BCUT2D eigenvalue weighted by Gasteiger charge is -2.04. The summed E-state index contributed by atoms with van der Waals surface area (Å²) >= 11 is 1.48. The number of thiazole rings is 1. The second-order valence-corrected chi connectivity index (χ2v) is 7.75. The van der Waals surface area contributed by atoms with Crippen molar-refractivity contribution in [2.75, 3.05) is 19.0 Å². The van der Waals surface area contributed by atoms with E-state index in [1.54, 1.807) is 17.9 Å². The number of benzene rings is 2. The van der Waals surface area contributed by atoms with Gasteiger partial charge in [-0.1, -0.05) is 23.5 Å². The molecule has 0 fully saturated rings. The molecule has 0 bridgehead atoms. The number of ether oxygens (including phenoxy) is 2. The zero-order valence-electron chi connectivity index (χ0n) is 17.5. The van der Waals surface area contributed by atoms with Crippen LogP contribution in [0.1, 0.15) is 18.2 Å². The van der Waals surface area contributed by atoms with E-state index in [9.17, 15) is 4.79 Å². The van der Waals surface area contributed by atoms with Gasteiger partial charge in [0.25, 0.3) is 0 Å². The number of fused-ring (bicyclic) bond motifs is 1. The third-order valence-electron chi connectivity index (χ3n) is 4.47. The summed E-state index contributed by atoms with van der Waals surface area (Å²) in [5, 5.41) is 8.06. The quantitative estimate of drug-likeness (QED) is 0.421.